The molecule has 18 heavy (non-hydrogen) atoms. The van der Waals surface area contributed by atoms with Crippen molar-refractivity contribution in [1.29, 1.82) is 0 Å². The first kappa shape index (κ1) is 12.6. The van der Waals surface area contributed by atoms with Crippen LogP contribution in [0.5, 0.6) is 5.75 Å². The van der Waals surface area contributed by atoms with Crippen LogP contribution in [0.25, 0.3) is 11.5 Å². The van der Waals surface area contributed by atoms with E-state index in [1.165, 1.54) is 0 Å². The van der Waals surface area contributed by atoms with E-state index in [0.717, 1.165) is 24.1 Å². The Morgan fingerprint density at radius 3 is 2.78 bits per heavy atom. The zero-order chi connectivity index (χ0) is 13.1. The van der Waals surface area contributed by atoms with Gasteiger partial charge in [-0.3, -0.25) is 0 Å². The van der Waals surface area contributed by atoms with Gasteiger partial charge in [0.15, 0.2) is 5.82 Å². The highest BCUT2D eigenvalue weighted by Gasteiger charge is 2.11. The molecule has 0 amide bonds. The third-order valence-corrected chi connectivity index (χ3v) is 2.69. The van der Waals surface area contributed by atoms with Crippen molar-refractivity contribution in [1.82, 2.24) is 15.0 Å². The Hall–Kier alpha value is -1.88. The Kier molecular flexibility index (Phi) is 3.62. The lowest BCUT2D eigenvalue weighted by atomic mass is 10.1. The number of hydrogen-bond donors (Lipinski definition) is 1. The maximum absolute atomic E-state index is 9.36. The first-order valence-electron chi connectivity index (χ1n) is 5.83. The number of aromatic hydroxyl groups is 1. The average Bonchev–Trinajstić information content (AvgIpc) is 2.75. The molecule has 0 radical (unpaired) electrons. The molecule has 0 aliphatic carbocycles. The second-order valence-corrected chi connectivity index (χ2v) is 4.57. The van der Waals surface area contributed by atoms with Crippen molar-refractivity contribution in [3.05, 3.63) is 29.6 Å². The van der Waals surface area contributed by atoms with Crippen LogP contribution in [0.2, 0.25) is 0 Å². The number of benzene rings is 1. The van der Waals surface area contributed by atoms with Gasteiger partial charge in [-0.1, -0.05) is 5.16 Å². The van der Waals surface area contributed by atoms with Gasteiger partial charge in [-0.15, -0.1) is 0 Å². The number of aryl methyl sites for hydroxylation is 1. The van der Waals surface area contributed by atoms with Crippen molar-refractivity contribution in [3.63, 3.8) is 0 Å². The van der Waals surface area contributed by atoms with Gasteiger partial charge >= 0.3 is 0 Å². The molecule has 0 bridgehead atoms. The van der Waals surface area contributed by atoms with Gasteiger partial charge in [-0.25, -0.2) is 0 Å². The van der Waals surface area contributed by atoms with Crippen molar-refractivity contribution in [2.75, 3.05) is 20.6 Å². The summed E-state index contributed by atoms with van der Waals surface area (Å²) in [5, 5.41) is 13.3. The summed E-state index contributed by atoms with van der Waals surface area (Å²) in [6, 6.07) is 5.08. The number of hydrogen-bond acceptors (Lipinski definition) is 5. The molecule has 0 aliphatic rings. The van der Waals surface area contributed by atoms with Crippen molar-refractivity contribution in [2.45, 2.75) is 13.3 Å². The molecule has 0 fully saturated rings. The zero-order valence-corrected chi connectivity index (χ0v) is 10.8. The van der Waals surface area contributed by atoms with E-state index in [1.807, 2.05) is 21.0 Å². The Morgan fingerprint density at radius 1 is 1.33 bits per heavy atom. The number of likely N-dealkylation sites (N-methyl/N-ethyl adjacent to an activating group) is 1. The minimum Gasteiger partial charge on any atom is -0.508 e. The first-order valence-corrected chi connectivity index (χ1v) is 5.83. The van der Waals surface area contributed by atoms with Gasteiger partial charge in [0.05, 0.1) is 0 Å². The van der Waals surface area contributed by atoms with E-state index >= 15 is 0 Å². The van der Waals surface area contributed by atoms with Crippen LogP contribution in [-0.4, -0.2) is 40.8 Å². The highest BCUT2D eigenvalue weighted by Crippen LogP contribution is 2.24. The van der Waals surface area contributed by atoms with Crippen LogP contribution in [0.1, 0.15) is 11.4 Å². The molecule has 1 N–H and O–H groups in total. The molecule has 1 aromatic carbocycles. The van der Waals surface area contributed by atoms with Crippen molar-refractivity contribution in [3.8, 4) is 17.2 Å². The van der Waals surface area contributed by atoms with Gasteiger partial charge in [0.25, 0.3) is 5.89 Å². The Labute approximate surface area is 106 Å². The summed E-state index contributed by atoms with van der Waals surface area (Å²) in [6.45, 7) is 2.78. The quantitative estimate of drug-likeness (QED) is 0.893. The van der Waals surface area contributed by atoms with E-state index in [1.54, 1.807) is 18.2 Å². The van der Waals surface area contributed by atoms with E-state index in [9.17, 15) is 5.11 Å². The minimum absolute atomic E-state index is 0.239. The lowest BCUT2D eigenvalue weighted by Gasteiger charge is -2.05. The van der Waals surface area contributed by atoms with Gasteiger partial charge in [0.2, 0.25) is 0 Å². The van der Waals surface area contributed by atoms with Crippen molar-refractivity contribution < 1.29 is 9.63 Å². The SMILES string of the molecule is Cc1cc(O)ccc1-c1nc(CCN(C)C)no1. The van der Waals surface area contributed by atoms with Gasteiger partial charge < -0.3 is 14.5 Å². The third-order valence-electron chi connectivity index (χ3n) is 2.69. The monoisotopic (exact) mass is 247 g/mol. The fourth-order valence-electron chi connectivity index (χ4n) is 1.68. The molecule has 0 saturated heterocycles. The van der Waals surface area contributed by atoms with Crippen LogP contribution >= 0.6 is 0 Å². The summed E-state index contributed by atoms with van der Waals surface area (Å²) < 4.78 is 5.24. The first-order chi connectivity index (χ1) is 8.56. The molecule has 0 atom stereocenters. The van der Waals surface area contributed by atoms with E-state index < -0.39 is 0 Å². The van der Waals surface area contributed by atoms with E-state index in [2.05, 4.69) is 15.0 Å². The smallest absolute Gasteiger partial charge is 0.258 e. The number of phenolic OH excluding ortho intramolecular Hbond substituents is 1. The molecule has 0 aliphatic heterocycles. The van der Waals surface area contributed by atoms with Crippen molar-refractivity contribution in [2.24, 2.45) is 0 Å². The summed E-state index contributed by atoms with van der Waals surface area (Å²) in [5.41, 5.74) is 1.77. The zero-order valence-electron chi connectivity index (χ0n) is 10.8. The molecular formula is C13H17N3O2. The molecule has 0 spiro atoms. The van der Waals surface area contributed by atoms with Crippen LogP contribution in [0, 0.1) is 6.92 Å². The number of aromatic nitrogens is 2. The maximum atomic E-state index is 9.36. The summed E-state index contributed by atoms with van der Waals surface area (Å²) in [5.74, 6) is 1.44. The van der Waals surface area contributed by atoms with Gasteiger partial charge in [0.1, 0.15) is 5.75 Å². The summed E-state index contributed by atoms with van der Waals surface area (Å²) in [6.07, 6.45) is 0.758. The van der Waals surface area contributed by atoms with Gasteiger partial charge in [-0.2, -0.15) is 4.98 Å². The summed E-state index contributed by atoms with van der Waals surface area (Å²) >= 11 is 0. The number of rotatable bonds is 4. The van der Waals surface area contributed by atoms with Crippen LogP contribution in [0.15, 0.2) is 22.7 Å². The second kappa shape index (κ2) is 5.18. The molecule has 96 valence electrons. The minimum atomic E-state index is 0.239. The van der Waals surface area contributed by atoms with E-state index in [0.29, 0.717) is 11.7 Å². The molecule has 1 heterocycles. The predicted molar refractivity (Wildman–Crippen MR) is 68.4 cm³/mol. The number of phenols is 1. The van der Waals surface area contributed by atoms with Gasteiger partial charge in [0, 0.05) is 18.5 Å². The fraction of sp³-hybridized carbons (Fsp3) is 0.385. The standard InChI is InChI=1S/C13H17N3O2/c1-9-8-10(17)4-5-11(9)13-14-12(15-18-13)6-7-16(2)3/h4-5,8,17H,6-7H2,1-3H3. The lowest BCUT2D eigenvalue weighted by Crippen LogP contribution is -2.15. The topological polar surface area (TPSA) is 62.4 Å². The van der Waals surface area contributed by atoms with E-state index in [-0.39, 0.29) is 5.75 Å². The molecule has 1 aromatic heterocycles. The van der Waals surface area contributed by atoms with Crippen LogP contribution < -0.4 is 0 Å². The Balaban J connectivity index is 2.18. The summed E-state index contributed by atoms with van der Waals surface area (Å²) in [4.78, 5) is 6.43. The predicted octanol–water partition coefficient (Wildman–Crippen LogP) is 1.85. The molecular weight excluding hydrogens is 230 g/mol. The molecule has 0 saturated carbocycles. The second-order valence-electron chi connectivity index (χ2n) is 4.57. The normalized spacial score (nSPS) is 11.1. The Bertz CT molecular complexity index is 535. The highest BCUT2D eigenvalue weighted by atomic mass is 16.5. The maximum Gasteiger partial charge on any atom is 0.258 e. The molecule has 2 rings (SSSR count). The molecule has 0 unspecified atom stereocenters. The molecule has 5 nitrogen and oxygen atoms in total. The largest absolute Gasteiger partial charge is 0.508 e. The highest BCUT2D eigenvalue weighted by molar-refractivity contribution is 5.59. The number of nitrogens with zero attached hydrogens (tertiary/aromatic N) is 3. The lowest BCUT2D eigenvalue weighted by molar-refractivity contribution is 0.392. The van der Waals surface area contributed by atoms with Gasteiger partial charge in [-0.05, 0) is 44.8 Å². The van der Waals surface area contributed by atoms with Crippen molar-refractivity contribution >= 4 is 0 Å². The summed E-state index contributed by atoms with van der Waals surface area (Å²) in [7, 11) is 4.01. The Morgan fingerprint density at radius 2 is 2.11 bits per heavy atom. The third kappa shape index (κ3) is 2.87. The van der Waals surface area contributed by atoms with Crippen LogP contribution in [0.4, 0.5) is 0 Å². The van der Waals surface area contributed by atoms with Crippen LogP contribution in [0.3, 0.4) is 0 Å². The molecule has 5 heteroatoms. The van der Waals surface area contributed by atoms with Crippen LogP contribution in [-0.2, 0) is 6.42 Å². The fourth-order valence-corrected chi connectivity index (χ4v) is 1.68. The van der Waals surface area contributed by atoms with E-state index in [4.69, 9.17) is 4.52 Å². The average molecular weight is 247 g/mol. The molecule has 2 aromatic rings.